The Kier molecular flexibility index (Phi) is 6.91. The van der Waals surface area contributed by atoms with Crippen molar-refractivity contribution in [2.24, 2.45) is 4.99 Å². The first-order valence-electron chi connectivity index (χ1n) is 6.13. The average Bonchev–Trinajstić information content (AvgIpc) is 2.32. The SMILES string of the molecule is CCCOCCCN1CN=C(NN(O)O)N(C)C1. The second-order valence-corrected chi connectivity index (χ2v) is 4.22. The van der Waals surface area contributed by atoms with Gasteiger partial charge >= 0.3 is 0 Å². The summed E-state index contributed by atoms with van der Waals surface area (Å²) in [6, 6.07) is 0. The first kappa shape index (κ1) is 15.1. The normalized spacial score (nSPS) is 17.2. The van der Waals surface area contributed by atoms with E-state index >= 15 is 0 Å². The quantitative estimate of drug-likeness (QED) is 0.436. The molecule has 106 valence electrons. The molecule has 8 nitrogen and oxygen atoms in total. The number of nitrogens with zero attached hydrogens (tertiary/aromatic N) is 4. The molecule has 0 bridgehead atoms. The maximum Gasteiger partial charge on any atom is 0.214 e. The summed E-state index contributed by atoms with van der Waals surface area (Å²) in [6.45, 7) is 5.81. The first-order chi connectivity index (χ1) is 8.63. The number of hydrogen-bond acceptors (Lipinski definition) is 8. The standard InChI is InChI=1S/C10H23N5O3/c1-3-6-18-7-4-5-14-8-11-10(12-15(16)17)13(2)9-14/h16-17H,3-9H2,1-2H3,(H,11,12). The number of aliphatic imine (C=N–C) groups is 1. The topological polar surface area (TPSA) is 83.8 Å². The van der Waals surface area contributed by atoms with Crippen LogP contribution in [0.2, 0.25) is 0 Å². The highest BCUT2D eigenvalue weighted by Crippen LogP contribution is 2.02. The molecule has 0 fully saturated rings. The van der Waals surface area contributed by atoms with Crippen molar-refractivity contribution in [2.45, 2.75) is 19.8 Å². The predicted molar refractivity (Wildman–Crippen MR) is 65.9 cm³/mol. The third kappa shape index (κ3) is 5.61. The second-order valence-electron chi connectivity index (χ2n) is 4.22. The van der Waals surface area contributed by atoms with Crippen molar-refractivity contribution in [3.05, 3.63) is 0 Å². The van der Waals surface area contributed by atoms with E-state index in [-0.39, 0.29) is 5.34 Å². The van der Waals surface area contributed by atoms with Gasteiger partial charge in [-0.15, -0.1) is 0 Å². The van der Waals surface area contributed by atoms with Crippen LogP contribution in [0.3, 0.4) is 0 Å². The molecule has 0 aromatic rings. The second kappa shape index (κ2) is 8.22. The molecule has 1 aliphatic heterocycles. The molecule has 18 heavy (non-hydrogen) atoms. The molecular formula is C10H23N5O3. The van der Waals surface area contributed by atoms with E-state index < -0.39 is 0 Å². The van der Waals surface area contributed by atoms with Crippen LogP contribution in [0.1, 0.15) is 19.8 Å². The van der Waals surface area contributed by atoms with E-state index in [1.807, 2.05) is 7.05 Å². The van der Waals surface area contributed by atoms with Crippen LogP contribution in [0.25, 0.3) is 0 Å². The van der Waals surface area contributed by atoms with Crippen LogP contribution in [0, 0.1) is 0 Å². The van der Waals surface area contributed by atoms with Gasteiger partial charge in [-0.3, -0.25) is 15.3 Å². The molecule has 0 saturated carbocycles. The summed E-state index contributed by atoms with van der Waals surface area (Å²) in [5.74, 6) is 0.429. The van der Waals surface area contributed by atoms with Gasteiger partial charge in [0.25, 0.3) is 0 Å². The Morgan fingerprint density at radius 3 is 2.83 bits per heavy atom. The monoisotopic (exact) mass is 261 g/mol. The van der Waals surface area contributed by atoms with Crippen LogP contribution in [-0.4, -0.2) is 71.7 Å². The van der Waals surface area contributed by atoms with Gasteiger partial charge < -0.3 is 9.64 Å². The minimum Gasteiger partial charge on any atom is -0.381 e. The van der Waals surface area contributed by atoms with Gasteiger partial charge in [-0.2, -0.15) is 0 Å². The molecule has 8 heteroatoms. The van der Waals surface area contributed by atoms with Crippen molar-refractivity contribution in [1.29, 1.82) is 0 Å². The third-order valence-corrected chi connectivity index (χ3v) is 2.51. The van der Waals surface area contributed by atoms with E-state index in [0.717, 1.165) is 32.6 Å². The number of nitrogens with one attached hydrogen (secondary N) is 1. The molecule has 0 unspecified atom stereocenters. The Hall–Kier alpha value is -0.930. The summed E-state index contributed by atoms with van der Waals surface area (Å²) in [5, 5.41) is 17.2. The van der Waals surface area contributed by atoms with Crippen molar-refractivity contribution in [2.75, 3.05) is 40.1 Å². The van der Waals surface area contributed by atoms with E-state index in [0.29, 0.717) is 19.3 Å². The Morgan fingerprint density at radius 2 is 2.22 bits per heavy atom. The molecule has 1 heterocycles. The predicted octanol–water partition coefficient (Wildman–Crippen LogP) is -0.0935. The lowest BCUT2D eigenvalue weighted by Crippen LogP contribution is -2.53. The maximum atomic E-state index is 8.65. The van der Waals surface area contributed by atoms with Gasteiger partial charge in [0.1, 0.15) is 0 Å². The highest BCUT2D eigenvalue weighted by atomic mass is 16.8. The molecule has 3 N–H and O–H groups in total. The lowest BCUT2D eigenvalue weighted by atomic mass is 10.4. The fraction of sp³-hybridized carbons (Fsp3) is 0.900. The molecule has 0 aromatic heterocycles. The van der Waals surface area contributed by atoms with Gasteiger partial charge in [0.05, 0.1) is 13.3 Å². The van der Waals surface area contributed by atoms with Gasteiger partial charge in [0, 0.05) is 32.1 Å². The average molecular weight is 261 g/mol. The van der Waals surface area contributed by atoms with Crippen molar-refractivity contribution in [1.82, 2.24) is 20.6 Å². The Bertz CT molecular complexity index is 262. The highest BCUT2D eigenvalue weighted by Gasteiger charge is 2.17. The zero-order chi connectivity index (χ0) is 13.4. The van der Waals surface area contributed by atoms with Crippen LogP contribution in [0.5, 0.6) is 0 Å². The fourth-order valence-corrected chi connectivity index (χ4v) is 1.69. The van der Waals surface area contributed by atoms with Crippen molar-refractivity contribution >= 4 is 5.96 Å². The maximum absolute atomic E-state index is 8.65. The largest absolute Gasteiger partial charge is 0.381 e. The van der Waals surface area contributed by atoms with E-state index in [1.165, 1.54) is 0 Å². The molecular weight excluding hydrogens is 238 g/mol. The third-order valence-electron chi connectivity index (χ3n) is 2.51. The van der Waals surface area contributed by atoms with Crippen LogP contribution in [-0.2, 0) is 4.74 Å². The van der Waals surface area contributed by atoms with E-state index in [9.17, 15) is 0 Å². The van der Waals surface area contributed by atoms with Crippen LogP contribution in [0.15, 0.2) is 4.99 Å². The lowest BCUT2D eigenvalue weighted by molar-refractivity contribution is -0.330. The zero-order valence-electron chi connectivity index (χ0n) is 11.0. The Labute approximate surface area is 107 Å². The molecule has 0 amide bonds. The summed E-state index contributed by atoms with van der Waals surface area (Å²) in [6.07, 6.45) is 2.02. The molecule has 0 aliphatic carbocycles. The number of ether oxygens (including phenoxy) is 1. The minimum atomic E-state index is -0.0937. The Morgan fingerprint density at radius 1 is 1.44 bits per heavy atom. The molecule has 0 aromatic carbocycles. The summed E-state index contributed by atoms with van der Waals surface area (Å²) in [7, 11) is 1.83. The molecule has 0 saturated heterocycles. The number of hydrogen-bond donors (Lipinski definition) is 3. The van der Waals surface area contributed by atoms with Crippen molar-refractivity contribution < 1.29 is 15.2 Å². The zero-order valence-corrected chi connectivity index (χ0v) is 11.0. The van der Waals surface area contributed by atoms with Crippen molar-refractivity contribution in [3.63, 3.8) is 0 Å². The molecule has 1 rings (SSSR count). The first-order valence-corrected chi connectivity index (χ1v) is 6.13. The van der Waals surface area contributed by atoms with Gasteiger partial charge in [-0.1, -0.05) is 6.92 Å². The number of hydrazine groups is 1. The van der Waals surface area contributed by atoms with E-state index in [4.69, 9.17) is 15.2 Å². The van der Waals surface area contributed by atoms with Crippen LogP contribution in [0.4, 0.5) is 0 Å². The van der Waals surface area contributed by atoms with Gasteiger partial charge in [0.2, 0.25) is 5.96 Å². The van der Waals surface area contributed by atoms with Gasteiger partial charge in [-0.25, -0.2) is 10.4 Å². The number of guanidine groups is 1. The van der Waals surface area contributed by atoms with E-state index in [1.54, 1.807) is 4.90 Å². The molecule has 0 radical (unpaired) electrons. The van der Waals surface area contributed by atoms with E-state index in [2.05, 4.69) is 22.2 Å². The highest BCUT2D eigenvalue weighted by molar-refractivity contribution is 5.79. The van der Waals surface area contributed by atoms with Gasteiger partial charge in [0.15, 0.2) is 0 Å². The fourth-order valence-electron chi connectivity index (χ4n) is 1.69. The molecule has 0 atom stereocenters. The summed E-state index contributed by atoms with van der Waals surface area (Å²) >= 11 is 0. The minimum absolute atomic E-state index is 0.0937. The smallest absolute Gasteiger partial charge is 0.214 e. The molecule has 0 spiro atoms. The van der Waals surface area contributed by atoms with Crippen molar-refractivity contribution in [3.8, 4) is 0 Å². The van der Waals surface area contributed by atoms with Gasteiger partial charge in [-0.05, 0) is 12.8 Å². The molecule has 1 aliphatic rings. The summed E-state index contributed by atoms with van der Waals surface area (Å²) in [4.78, 5) is 8.16. The summed E-state index contributed by atoms with van der Waals surface area (Å²) in [5.41, 5.74) is 2.31. The summed E-state index contributed by atoms with van der Waals surface area (Å²) < 4.78 is 5.41. The Balaban J connectivity index is 2.21. The lowest BCUT2D eigenvalue weighted by Gasteiger charge is -2.33. The van der Waals surface area contributed by atoms with Crippen LogP contribution >= 0.6 is 0 Å². The van der Waals surface area contributed by atoms with Crippen LogP contribution < -0.4 is 5.43 Å². The number of rotatable bonds is 7.